The van der Waals surface area contributed by atoms with Gasteiger partial charge < -0.3 is 15.0 Å². The van der Waals surface area contributed by atoms with Crippen LogP contribution in [-0.4, -0.2) is 57.8 Å². The van der Waals surface area contributed by atoms with Crippen LogP contribution in [0.1, 0.15) is 12.8 Å². The number of hydrogen-bond acceptors (Lipinski definition) is 4. The molecule has 0 spiro atoms. The summed E-state index contributed by atoms with van der Waals surface area (Å²) in [4.78, 5) is 6.07. The summed E-state index contributed by atoms with van der Waals surface area (Å²) in [7, 11) is -2.03. The molecule has 0 unspecified atom stereocenters. The maximum absolute atomic E-state index is 13.8. The fourth-order valence-electron chi connectivity index (χ4n) is 3.31. The second kappa shape index (κ2) is 11.5. The van der Waals surface area contributed by atoms with Gasteiger partial charge in [-0.1, -0.05) is 30.3 Å². The number of benzene rings is 2. The molecule has 1 saturated heterocycles. The summed E-state index contributed by atoms with van der Waals surface area (Å²) in [6.45, 7) is 1.68. The van der Waals surface area contributed by atoms with Gasteiger partial charge in [-0.25, -0.2) is 12.8 Å². The molecule has 2 aromatic rings. The van der Waals surface area contributed by atoms with Crippen LogP contribution in [-0.2, 0) is 9.84 Å². The van der Waals surface area contributed by atoms with E-state index in [1.165, 1.54) is 18.2 Å². The number of aliphatic imine (C=N–C) groups is 1. The van der Waals surface area contributed by atoms with Crippen molar-refractivity contribution in [1.29, 1.82) is 0 Å². The van der Waals surface area contributed by atoms with Crippen LogP contribution in [0.5, 0.6) is 5.75 Å². The third kappa shape index (κ3) is 6.56. The molecule has 1 aliphatic rings. The Morgan fingerprint density at radius 1 is 1.13 bits per heavy atom. The number of piperidine rings is 1. The van der Waals surface area contributed by atoms with Crippen molar-refractivity contribution in [2.45, 2.75) is 23.8 Å². The molecule has 0 atom stereocenters. The van der Waals surface area contributed by atoms with Crippen LogP contribution >= 0.6 is 24.0 Å². The third-order valence-corrected chi connectivity index (χ3v) is 6.57. The average Bonchev–Trinajstić information content (AvgIpc) is 2.73. The highest BCUT2D eigenvalue weighted by Crippen LogP contribution is 2.19. The first-order chi connectivity index (χ1) is 14.0. The summed E-state index contributed by atoms with van der Waals surface area (Å²) in [5, 5.41) is 3.08. The van der Waals surface area contributed by atoms with Gasteiger partial charge in [-0.15, -0.1) is 24.0 Å². The molecule has 0 radical (unpaired) electrons. The summed E-state index contributed by atoms with van der Waals surface area (Å²) in [5.41, 5.74) is 0. The Balaban J connectivity index is 0.00000320. The highest BCUT2D eigenvalue weighted by molar-refractivity contribution is 14.0. The molecule has 1 heterocycles. The molecule has 0 amide bonds. The largest absolute Gasteiger partial charge is 0.490 e. The number of nitrogens with zero attached hydrogens (tertiary/aromatic N) is 2. The fraction of sp³-hybridized carbons (Fsp3) is 0.381. The SMILES string of the molecule is CN=C(NCCS(=O)(=O)c1ccccc1F)N1CCC(Oc2ccccc2)CC1.I. The van der Waals surface area contributed by atoms with E-state index < -0.39 is 15.7 Å². The zero-order valence-electron chi connectivity index (χ0n) is 16.8. The van der Waals surface area contributed by atoms with E-state index in [2.05, 4.69) is 15.2 Å². The molecular weight excluding hydrogens is 520 g/mol. The van der Waals surface area contributed by atoms with Gasteiger partial charge in [0.1, 0.15) is 22.6 Å². The van der Waals surface area contributed by atoms with Crippen molar-refractivity contribution in [2.75, 3.05) is 32.4 Å². The zero-order valence-corrected chi connectivity index (χ0v) is 20.0. The number of halogens is 2. The third-order valence-electron chi connectivity index (χ3n) is 4.82. The van der Waals surface area contributed by atoms with E-state index in [9.17, 15) is 12.8 Å². The van der Waals surface area contributed by atoms with E-state index in [0.29, 0.717) is 5.96 Å². The lowest BCUT2D eigenvalue weighted by Gasteiger charge is -2.34. The molecule has 1 fully saturated rings. The highest BCUT2D eigenvalue weighted by atomic mass is 127. The minimum Gasteiger partial charge on any atom is -0.490 e. The number of para-hydroxylation sites is 1. The first-order valence-corrected chi connectivity index (χ1v) is 11.3. The van der Waals surface area contributed by atoms with Gasteiger partial charge in [0, 0.05) is 39.5 Å². The predicted octanol–water partition coefficient (Wildman–Crippen LogP) is 3.34. The molecular formula is C21H27FIN3O3S. The van der Waals surface area contributed by atoms with Crippen molar-refractivity contribution < 1.29 is 17.5 Å². The molecule has 6 nitrogen and oxygen atoms in total. The van der Waals surface area contributed by atoms with Crippen molar-refractivity contribution in [3.63, 3.8) is 0 Å². The number of sulfone groups is 1. The number of likely N-dealkylation sites (tertiary alicyclic amines) is 1. The second-order valence-corrected chi connectivity index (χ2v) is 8.92. The quantitative estimate of drug-likeness (QED) is 0.342. The first-order valence-electron chi connectivity index (χ1n) is 9.64. The molecule has 2 aromatic carbocycles. The number of ether oxygens (including phenoxy) is 1. The van der Waals surface area contributed by atoms with Crippen molar-refractivity contribution in [1.82, 2.24) is 10.2 Å². The highest BCUT2D eigenvalue weighted by Gasteiger charge is 2.23. The first kappa shape index (κ1) is 24.4. The lowest BCUT2D eigenvalue weighted by Crippen LogP contribution is -2.48. The molecule has 0 saturated carbocycles. The molecule has 0 bridgehead atoms. The maximum Gasteiger partial charge on any atom is 0.193 e. The topological polar surface area (TPSA) is 71.0 Å². The van der Waals surface area contributed by atoms with Gasteiger partial charge in [-0.3, -0.25) is 4.99 Å². The Hall–Kier alpha value is -1.88. The molecule has 9 heteroatoms. The summed E-state index contributed by atoms with van der Waals surface area (Å²) in [6.07, 6.45) is 1.85. The van der Waals surface area contributed by atoms with Gasteiger partial charge in [-0.2, -0.15) is 0 Å². The minimum absolute atomic E-state index is 0. The van der Waals surface area contributed by atoms with Gasteiger partial charge in [0.2, 0.25) is 0 Å². The summed E-state index contributed by atoms with van der Waals surface area (Å²) in [6, 6.07) is 15.2. The van der Waals surface area contributed by atoms with Gasteiger partial charge in [-0.05, 0) is 24.3 Å². The lowest BCUT2D eigenvalue weighted by atomic mass is 10.1. The predicted molar refractivity (Wildman–Crippen MR) is 127 cm³/mol. The van der Waals surface area contributed by atoms with E-state index in [0.717, 1.165) is 37.7 Å². The summed E-state index contributed by atoms with van der Waals surface area (Å²) >= 11 is 0. The van der Waals surface area contributed by atoms with Crippen LogP contribution < -0.4 is 10.1 Å². The van der Waals surface area contributed by atoms with E-state index in [1.54, 1.807) is 7.05 Å². The molecule has 3 rings (SSSR count). The molecule has 164 valence electrons. The lowest BCUT2D eigenvalue weighted by molar-refractivity contribution is 0.129. The van der Waals surface area contributed by atoms with Gasteiger partial charge in [0.05, 0.1) is 5.75 Å². The van der Waals surface area contributed by atoms with E-state index >= 15 is 0 Å². The van der Waals surface area contributed by atoms with Crippen molar-refractivity contribution in [3.05, 3.63) is 60.4 Å². The Morgan fingerprint density at radius 3 is 2.40 bits per heavy atom. The standard InChI is InChI=1S/C21H26FN3O3S.HI/c1-23-21(24-13-16-29(26,27)20-10-6-5-9-19(20)22)25-14-11-18(12-15-25)28-17-7-3-2-4-8-17;/h2-10,18H,11-16H2,1H3,(H,23,24);1H. The van der Waals surface area contributed by atoms with Crippen LogP contribution in [0.15, 0.2) is 64.5 Å². The Morgan fingerprint density at radius 2 is 1.77 bits per heavy atom. The number of nitrogens with one attached hydrogen (secondary N) is 1. The molecule has 1 N–H and O–H groups in total. The molecule has 0 aromatic heterocycles. The monoisotopic (exact) mass is 547 g/mol. The van der Waals surface area contributed by atoms with E-state index in [1.807, 2.05) is 30.3 Å². The zero-order chi connectivity index (χ0) is 20.7. The molecule has 1 aliphatic heterocycles. The normalized spacial score (nSPS) is 15.4. The van der Waals surface area contributed by atoms with Crippen LogP contribution in [0.3, 0.4) is 0 Å². The Labute approximate surface area is 194 Å². The summed E-state index contributed by atoms with van der Waals surface area (Å²) < 4.78 is 44.5. The fourth-order valence-corrected chi connectivity index (χ4v) is 4.56. The van der Waals surface area contributed by atoms with Crippen LogP contribution in [0.2, 0.25) is 0 Å². The smallest absolute Gasteiger partial charge is 0.193 e. The molecule has 0 aliphatic carbocycles. The molecule has 30 heavy (non-hydrogen) atoms. The van der Waals surface area contributed by atoms with E-state index in [-0.39, 0.29) is 47.3 Å². The number of rotatable bonds is 6. The number of guanidine groups is 1. The Kier molecular flexibility index (Phi) is 9.35. The van der Waals surface area contributed by atoms with Gasteiger partial charge in [0.15, 0.2) is 15.8 Å². The van der Waals surface area contributed by atoms with Crippen molar-refractivity contribution >= 4 is 39.8 Å². The average molecular weight is 547 g/mol. The second-order valence-electron chi connectivity index (χ2n) is 6.84. The van der Waals surface area contributed by atoms with Crippen LogP contribution in [0.25, 0.3) is 0 Å². The van der Waals surface area contributed by atoms with Crippen molar-refractivity contribution in [2.24, 2.45) is 4.99 Å². The summed E-state index contributed by atoms with van der Waals surface area (Å²) in [5.74, 6) is 0.580. The minimum atomic E-state index is -3.70. The van der Waals surface area contributed by atoms with Crippen LogP contribution in [0.4, 0.5) is 4.39 Å². The Bertz CT molecular complexity index is 934. The van der Waals surface area contributed by atoms with Gasteiger partial charge in [0.25, 0.3) is 0 Å². The number of hydrogen-bond donors (Lipinski definition) is 1. The maximum atomic E-state index is 13.8. The van der Waals surface area contributed by atoms with Crippen molar-refractivity contribution in [3.8, 4) is 5.75 Å². The van der Waals surface area contributed by atoms with Crippen LogP contribution in [0, 0.1) is 5.82 Å². The van der Waals surface area contributed by atoms with E-state index in [4.69, 9.17) is 4.74 Å². The van der Waals surface area contributed by atoms with Gasteiger partial charge >= 0.3 is 0 Å².